The Labute approximate surface area is 120 Å². The maximum absolute atomic E-state index is 11.9. The second kappa shape index (κ2) is 6.90. The molecule has 0 aliphatic rings. The molecule has 3 nitrogen and oxygen atoms in total. The average Bonchev–Trinajstić information content (AvgIpc) is 2.37. The molecule has 0 spiro atoms. The molecule has 0 aromatic heterocycles. The summed E-state index contributed by atoms with van der Waals surface area (Å²) in [6, 6.07) is 5.22. The normalized spacial score (nSPS) is 12.0. The fraction of sp³-hybridized carbons (Fsp3) is 0.385. The molecule has 0 aliphatic heterocycles. The average molecular weight is 334 g/mol. The van der Waals surface area contributed by atoms with Crippen molar-refractivity contribution in [3.05, 3.63) is 34.9 Å². The van der Waals surface area contributed by atoms with E-state index in [1.54, 1.807) is 19.1 Å². The molecule has 0 aliphatic carbocycles. The number of alkyl halides is 2. The van der Waals surface area contributed by atoms with Crippen molar-refractivity contribution < 1.29 is 14.3 Å². The molecule has 1 atom stereocenters. The molecule has 5 heteroatoms. The Balaban J connectivity index is 3.24. The summed E-state index contributed by atoms with van der Waals surface area (Å²) in [5.41, 5.74) is 1.77. The molecule has 0 saturated carbocycles. The van der Waals surface area contributed by atoms with Gasteiger partial charge < -0.3 is 4.74 Å². The Morgan fingerprint density at radius 2 is 2.11 bits per heavy atom. The highest BCUT2D eigenvalue weighted by atomic mass is 79.9. The van der Waals surface area contributed by atoms with Crippen LogP contribution in [-0.4, -0.2) is 18.4 Å². The fourth-order valence-corrected chi connectivity index (χ4v) is 2.05. The van der Waals surface area contributed by atoms with E-state index >= 15 is 0 Å². The molecule has 0 heterocycles. The second-order valence-corrected chi connectivity index (χ2v) is 4.75. The number of ketones is 1. The zero-order valence-corrected chi connectivity index (χ0v) is 12.5. The first-order valence-electron chi connectivity index (χ1n) is 5.51. The van der Waals surface area contributed by atoms with Crippen molar-refractivity contribution in [1.82, 2.24) is 0 Å². The SMILES string of the molecule is CCOC(=O)c1cc(CBr)ccc1C(Cl)C(C)=O. The molecule has 1 rings (SSSR count). The molecule has 1 unspecified atom stereocenters. The molecule has 0 amide bonds. The Kier molecular flexibility index (Phi) is 5.82. The van der Waals surface area contributed by atoms with Gasteiger partial charge in [0.1, 0.15) is 5.38 Å². The quantitative estimate of drug-likeness (QED) is 0.610. The van der Waals surface area contributed by atoms with Crippen LogP contribution in [0, 0.1) is 0 Å². The number of ether oxygens (including phenoxy) is 1. The van der Waals surface area contributed by atoms with Crippen LogP contribution in [0.1, 0.15) is 40.7 Å². The van der Waals surface area contributed by atoms with Gasteiger partial charge in [0.25, 0.3) is 0 Å². The number of carbonyl (C=O) groups is 2. The summed E-state index contributed by atoms with van der Waals surface area (Å²) in [5, 5.41) is -0.207. The van der Waals surface area contributed by atoms with Crippen LogP contribution in [0.2, 0.25) is 0 Å². The summed E-state index contributed by atoms with van der Waals surface area (Å²) in [7, 11) is 0. The minimum Gasteiger partial charge on any atom is -0.462 e. The van der Waals surface area contributed by atoms with Gasteiger partial charge in [0.15, 0.2) is 5.78 Å². The maximum atomic E-state index is 11.9. The Morgan fingerprint density at radius 3 is 2.61 bits per heavy atom. The van der Waals surface area contributed by atoms with Gasteiger partial charge in [-0.1, -0.05) is 28.1 Å². The molecule has 1 aromatic rings. The number of Topliss-reactive ketones (excluding diaryl/α,β-unsaturated/α-hetero) is 1. The van der Waals surface area contributed by atoms with Gasteiger partial charge in [-0.3, -0.25) is 4.79 Å². The van der Waals surface area contributed by atoms with E-state index in [2.05, 4.69) is 15.9 Å². The molecule has 0 saturated heterocycles. The van der Waals surface area contributed by atoms with E-state index in [1.165, 1.54) is 6.92 Å². The third kappa shape index (κ3) is 3.56. The van der Waals surface area contributed by atoms with Crippen molar-refractivity contribution in [3.8, 4) is 0 Å². The zero-order valence-electron chi connectivity index (χ0n) is 10.2. The lowest BCUT2D eigenvalue weighted by Gasteiger charge is -2.13. The molecule has 0 radical (unpaired) electrons. The monoisotopic (exact) mass is 332 g/mol. The van der Waals surface area contributed by atoms with Gasteiger partial charge in [0, 0.05) is 5.33 Å². The minimum atomic E-state index is -0.825. The lowest BCUT2D eigenvalue weighted by molar-refractivity contribution is -0.116. The molecule has 0 fully saturated rings. The van der Waals surface area contributed by atoms with Crippen LogP contribution >= 0.6 is 27.5 Å². The first-order valence-corrected chi connectivity index (χ1v) is 7.07. The minimum absolute atomic E-state index is 0.200. The Bertz CT molecular complexity index is 460. The maximum Gasteiger partial charge on any atom is 0.338 e. The first-order chi connectivity index (χ1) is 8.51. The molecule has 0 bridgehead atoms. The van der Waals surface area contributed by atoms with Crippen LogP contribution in [0.15, 0.2) is 18.2 Å². The van der Waals surface area contributed by atoms with Crippen molar-refractivity contribution in [2.24, 2.45) is 0 Å². The lowest BCUT2D eigenvalue weighted by Crippen LogP contribution is -2.12. The van der Waals surface area contributed by atoms with Gasteiger partial charge in [0.2, 0.25) is 0 Å². The summed E-state index contributed by atoms with van der Waals surface area (Å²) in [6.07, 6.45) is 0. The number of halogens is 2. The van der Waals surface area contributed by atoms with Crippen LogP contribution < -0.4 is 0 Å². The summed E-state index contributed by atoms with van der Waals surface area (Å²) >= 11 is 9.34. The summed E-state index contributed by atoms with van der Waals surface area (Å²) < 4.78 is 4.97. The molecule has 18 heavy (non-hydrogen) atoms. The fourth-order valence-electron chi connectivity index (χ4n) is 1.51. The van der Waals surface area contributed by atoms with Crippen LogP contribution in [0.4, 0.5) is 0 Å². The zero-order chi connectivity index (χ0) is 13.7. The smallest absolute Gasteiger partial charge is 0.338 e. The predicted octanol–water partition coefficient (Wildman–Crippen LogP) is 3.63. The van der Waals surface area contributed by atoms with Gasteiger partial charge in [-0.2, -0.15) is 0 Å². The van der Waals surface area contributed by atoms with Crippen LogP contribution in [0.3, 0.4) is 0 Å². The number of hydrogen-bond donors (Lipinski definition) is 0. The van der Waals surface area contributed by atoms with Crippen molar-refractivity contribution in [3.63, 3.8) is 0 Å². The highest BCUT2D eigenvalue weighted by molar-refractivity contribution is 9.08. The first kappa shape index (κ1) is 15.2. The second-order valence-electron chi connectivity index (χ2n) is 3.75. The lowest BCUT2D eigenvalue weighted by atomic mass is 10.00. The third-order valence-corrected chi connectivity index (χ3v) is 3.59. The van der Waals surface area contributed by atoms with Gasteiger partial charge >= 0.3 is 5.97 Å². The van der Waals surface area contributed by atoms with Gasteiger partial charge in [0.05, 0.1) is 12.2 Å². The number of esters is 1. The topological polar surface area (TPSA) is 43.4 Å². The van der Waals surface area contributed by atoms with Crippen molar-refractivity contribution in [2.45, 2.75) is 24.6 Å². The molecular formula is C13H14BrClO3. The molecule has 1 aromatic carbocycles. The van der Waals surface area contributed by atoms with Crippen LogP contribution in [0.25, 0.3) is 0 Å². The van der Waals surface area contributed by atoms with E-state index in [1.807, 2.05) is 6.07 Å². The van der Waals surface area contributed by atoms with Crippen molar-refractivity contribution in [2.75, 3.05) is 6.61 Å². The molecule has 98 valence electrons. The number of rotatable bonds is 5. The van der Waals surface area contributed by atoms with E-state index in [4.69, 9.17) is 16.3 Å². The van der Waals surface area contributed by atoms with E-state index in [9.17, 15) is 9.59 Å². The summed E-state index contributed by atoms with van der Waals surface area (Å²) in [6.45, 7) is 3.41. The third-order valence-electron chi connectivity index (χ3n) is 2.40. The standard InChI is InChI=1S/C13H14BrClO3/c1-3-18-13(17)11-6-9(7-14)4-5-10(11)12(15)8(2)16/h4-6,12H,3,7H2,1-2H3. The van der Waals surface area contributed by atoms with Crippen molar-refractivity contribution >= 4 is 39.3 Å². The van der Waals surface area contributed by atoms with E-state index < -0.39 is 11.3 Å². The van der Waals surface area contributed by atoms with Gasteiger partial charge in [-0.05, 0) is 31.0 Å². The van der Waals surface area contributed by atoms with Gasteiger partial charge in [-0.25, -0.2) is 4.79 Å². The van der Waals surface area contributed by atoms with Crippen LogP contribution in [-0.2, 0) is 14.9 Å². The van der Waals surface area contributed by atoms with E-state index in [0.29, 0.717) is 16.5 Å². The van der Waals surface area contributed by atoms with E-state index in [0.717, 1.165) is 5.56 Å². The number of carbonyl (C=O) groups excluding carboxylic acids is 2. The Hall–Kier alpha value is -0.870. The predicted molar refractivity (Wildman–Crippen MR) is 74.3 cm³/mol. The van der Waals surface area contributed by atoms with Gasteiger partial charge in [-0.15, -0.1) is 11.6 Å². The summed E-state index contributed by atoms with van der Waals surface area (Å²) in [4.78, 5) is 23.2. The molecular weight excluding hydrogens is 319 g/mol. The number of hydrogen-bond acceptors (Lipinski definition) is 3. The number of benzene rings is 1. The molecule has 0 N–H and O–H groups in total. The highest BCUT2D eigenvalue weighted by Crippen LogP contribution is 2.27. The highest BCUT2D eigenvalue weighted by Gasteiger charge is 2.21. The van der Waals surface area contributed by atoms with E-state index in [-0.39, 0.29) is 12.4 Å². The largest absolute Gasteiger partial charge is 0.462 e. The van der Waals surface area contributed by atoms with Crippen molar-refractivity contribution in [1.29, 1.82) is 0 Å². The van der Waals surface area contributed by atoms with Crippen LogP contribution in [0.5, 0.6) is 0 Å². The summed E-state index contributed by atoms with van der Waals surface area (Å²) in [5.74, 6) is -0.656. The Morgan fingerprint density at radius 1 is 1.44 bits per heavy atom.